The quantitative estimate of drug-likeness (QED) is 0.679. The van der Waals surface area contributed by atoms with Crippen LogP contribution in [-0.2, 0) is 0 Å². The Balaban J connectivity index is 2.43. The summed E-state index contributed by atoms with van der Waals surface area (Å²) in [4.78, 5) is 13.2. The number of hydrogen-bond acceptors (Lipinski definition) is 5. The molecule has 0 spiro atoms. The van der Waals surface area contributed by atoms with Gasteiger partial charge in [-0.1, -0.05) is 0 Å². The molecule has 2 rings (SSSR count). The molecule has 0 amide bonds. The number of nitro groups is 1. The van der Waals surface area contributed by atoms with Crippen molar-refractivity contribution in [1.29, 1.82) is 0 Å². The highest BCUT2D eigenvalue weighted by atomic mass is 16.6. The Bertz CT molecular complexity index is 524. The lowest BCUT2D eigenvalue weighted by atomic mass is 9.92. The number of anilines is 1. The van der Waals surface area contributed by atoms with Crippen LogP contribution in [0.1, 0.15) is 45.3 Å². The predicted molar refractivity (Wildman–Crippen MR) is 82.6 cm³/mol. The van der Waals surface area contributed by atoms with Crippen LogP contribution in [0.25, 0.3) is 0 Å². The third kappa shape index (κ3) is 3.02. The van der Waals surface area contributed by atoms with Gasteiger partial charge >= 0.3 is 5.69 Å². The second kappa shape index (κ2) is 6.01. The maximum atomic E-state index is 11.4. The molecule has 1 aromatic rings. The van der Waals surface area contributed by atoms with Crippen LogP contribution in [-0.4, -0.2) is 33.8 Å². The van der Waals surface area contributed by atoms with Crippen LogP contribution in [0.4, 0.5) is 11.5 Å². The van der Waals surface area contributed by atoms with Gasteiger partial charge in [0.1, 0.15) is 5.69 Å². The minimum atomic E-state index is -0.313. The highest BCUT2D eigenvalue weighted by Crippen LogP contribution is 2.36. The van der Waals surface area contributed by atoms with Crippen LogP contribution in [0.2, 0.25) is 0 Å². The third-order valence-corrected chi connectivity index (χ3v) is 4.20. The van der Waals surface area contributed by atoms with E-state index in [1.54, 1.807) is 11.6 Å². The molecule has 0 bridgehead atoms. The van der Waals surface area contributed by atoms with Crippen molar-refractivity contribution in [3.63, 3.8) is 0 Å². The number of aryl methyl sites for hydroxylation is 1. The predicted octanol–water partition coefficient (Wildman–Crippen LogP) is 2.24. The first-order chi connectivity index (χ1) is 9.82. The van der Waals surface area contributed by atoms with E-state index in [1.165, 1.54) is 0 Å². The van der Waals surface area contributed by atoms with E-state index >= 15 is 0 Å². The van der Waals surface area contributed by atoms with Gasteiger partial charge in [-0.2, -0.15) is 5.10 Å². The average molecular weight is 295 g/mol. The first kappa shape index (κ1) is 15.8. The van der Waals surface area contributed by atoms with Crippen molar-refractivity contribution in [2.45, 2.75) is 52.6 Å². The molecule has 7 nitrogen and oxygen atoms in total. The summed E-state index contributed by atoms with van der Waals surface area (Å²) in [6.45, 7) is 9.28. The van der Waals surface area contributed by atoms with Crippen molar-refractivity contribution in [1.82, 2.24) is 9.78 Å². The molecule has 2 heterocycles. The number of nitrogens with two attached hydrogens (primary N) is 1. The number of aromatic nitrogens is 2. The summed E-state index contributed by atoms with van der Waals surface area (Å²) in [7, 11) is 0. The van der Waals surface area contributed by atoms with Crippen molar-refractivity contribution < 1.29 is 4.92 Å². The van der Waals surface area contributed by atoms with Crippen LogP contribution in [0.3, 0.4) is 0 Å². The molecule has 2 unspecified atom stereocenters. The largest absolute Gasteiger partial charge is 0.351 e. The van der Waals surface area contributed by atoms with E-state index in [0.717, 1.165) is 25.9 Å². The van der Waals surface area contributed by atoms with Gasteiger partial charge in [0, 0.05) is 25.2 Å². The molecule has 1 saturated heterocycles. The van der Waals surface area contributed by atoms with Crippen LogP contribution >= 0.6 is 0 Å². The highest BCUT2D eigenvalue weighted by Gasteiger charge is 2.33. The lowest BCUT2D eigenvalue weighted by molar-refractivity contribution is -0.384. The Kier molecular flexibility index (Phi) is 4.51. The average Bonchev–Trinajstić information content (AvgIpc) is 2.76. The standard InChI is InChI=1S/C14H25N5O2/c1-9(2)18-14(13(19(20)21)11(4)16-18)17-7-5-6-12(8-17)10(3)15/h9-10,12H,5-8,15H2,1-4H3. The topological polar surface area (TPSA) is 90.2 Å². The van der Waals surface area contributed by atoms with Crippen molar-refractivity contribution in [3.05, 3.63) is 15.8 Å². The summed E-state index contributed by atoms with van der Waals surface area (Å²) in [5, 5.41) is 15.8. The third-order valence-electron chi connectivity index (χ3n) is 4.20. The van der Waals surface area contributed by atoms with E-state index in [9.17, 15) is 10.1 Å². The van der Waals surface area contributed by atoms with Crippen molar-refractivity contribution >= 4 is 11.5 Å². The van der Waals surface area contributed by atoms with E-state index in [-0.39, 0.29) is 22.7 Å². The number of piperidine rings is 1. The fourth-order valence-electron chi connectivity index (χ4n) is 3.03. The SMILES string of the molecule is Cc1nn(C(C)C)c(N2CCCC(C(C)N)C2)c1[N+](=O)[O-]. The van der Waals surface area contributed by atoms with Crippen LogP contribution in [0, 0.1) is 23.0 Å². The molecule has 0 aromatic carbocycles. The molecule has 21 heavy (non-hydrogen) atoms. The Morgan fingerprint density at radius 3 is 2.62 bits per heavy atom. The number of nitrogens with zero attached hydrogens (tertiary/aromatic N) is 4. The van der Waals surface area contributed by atoms with Crippen molar-refractivity contribution in [2.24, 2.45) is 11.7 Å². The fourth-order valence-corrected chi connectivity index (χ4v) is 3.03. The number of rotatable bonds is 4. The molecule has 7 heteroatoms. The summed E-state index contributed by atoms with van der Waals surface area (Å²) >= 11 is 0. The molecule has 0 radical (unpaired) electrons. The molecule has 2 atom stereocenters. The summed E-state index contributed by atoms with van der Waals surface area (Å²) in [5.74, 6) is 1.01. The first-order valence-electron chi connectivity index (χ1n) is 7.57. The van der Waals surface area contributed by atoms with E-state index in [0.29, 0.717) is 17.4 Å². The van der Waals surface area contributed by atoms with Gasteiger partial charge < -0.3 is 10.6 Å². The summed E-state index contributed by atoms with van der Waals surface area (Å²) in [6.07, 6.45) is 2.09. The van der Waals surface area contributed by atoms with Gasteiger partial charge in [0.05, 0.1) is 4.92 Å². The van der Waals surface area contributed by atoms with Crippen molar-refractivity contribution in [3.8, 4) is 0 Å². The second-order valence-corrected chi connectivity index (χ2v) is 6.26. The van der Waals surface area contributed by atoms with Gasteiger partial charge in [0.15, 0.2) is 0 Å². The highest BCUT2D eigenvalue weighted by molar-refractivity contribution is 5.62. The molecular weight excluding hydrogens is 270 g/mol. The maximum Gasteiger partial charge on any atom is 0.333 e. The summed E-state index contributed by atoms with van der Waals surface area (Å²) in [6, 6.07) is 0.187. The molecule has 0 aliphatic carbocycles. The van der Waals surface area contributed by atoms with Crippen molar-refractivity contribution in [2.75, 3.05) is 18.0 Å². The molecule has 118 valence electrons. The molecule has 1 fully saturated rings. The van der Waals surface area contributed by atoms with E-state index < -0.39 is 0 Å². The smallest absolute Gasteiger partial charge is 0.333 e. The summed E-state index contributed by atoms with van der Waals surface area (Å²) < 4.78 is 1.77. The minimum absolute atomic E-state index is 0.0862. The minimum Gasteiger partial charge on any atom is -0.351 e. The van der Waals surface area contributed by atoms with E-state index in [2.05, 4.69) is 10.00 Å². The van der Waals surface area contributed by atoms with Gasteiger partial charge in [-0.05, 0) is 46.5 Å². The van der Waals surface area contributed by atoms with Gasteiger partial charge in [0.2, 0.25) is 5.82 Å². The molecule has 0 saturated carbocycles. The molecular formula is C14H25N5O2. The number of hydrogen-bond donors (Lipinski definition) is 1. The first-order valence-corrected chi connectivity index (χ1v) is 7.57. The van der Waals surface area contributed by atoms with Gasteiger partial charge in [-0.25, -0.2) is 4.68 Å². The molecule has 1 aromatic heterocycles. The monoisotopic (exact) mass is 295 g/mol. The lowest BCUT2D eigenvalue weighted by Crippen LogP contribution is -2.43. The van der Waals surface area contributed by atoms with Crippen LogP contribution in [0.5, 0.6) is 0 Å². The molecule has 1 aliphatic heterocycles. The maximum absolute atomic E-state index is 11.4. The van der Waals surface area contributed by atoms with E-state index in [4.69, 9.17) is 5.73 Å². The van der Waals surface area contributed by atoms with Gasteiger partial charge in [-0.15, -0.1) is 0 Å². The van der Waals surface area contributed by atoms with Crippen LogP contribution in [0.15, 0.2) is 0 Å². The Labute approximate surface area is 125 Å². The zero-order valence-electron chi connectivity index (χ0n) is 13.2. The molecule has 1 aliphatic rings. The zero-order chi connectivity index (χ0) is 15.7. The van der Waals surface area contributed by atoms with Gasteiger partial charge in [0.25, 0.3) is 0 Å². The normalized spacial score (nSPS) is 20.9. The lowest BCUT2D eigenvalue weighted by Gasteiger charge is -2.35. The Hall–Kier alpha value is -1.63. The molecule has 2 N–H and O–H groups in total. The van der Waals surface area contributed by atoms with E-state index in [1.807, 2.05) is 20.8 Å². The van der Waals surface area contributed by atoms with Gasteiger partial charge in [-0.3, -0.25) is 10.1 Å². The zero-order valence-corrected chi connectivity index (χ0v) is 13.2. The van der Waals surface area contributed by atoms with Crippen LogP contribution < -0.4 is 10.6 Å². The Morgan fingerprint density at radius 1 is 1.43 bits per heavy atom. The second-order valence-electron chi connectivity index (χ2n) is 6.26. The summed E-state index contributed by atoms with van der Waals surface area (Å²) in [5.41, 5.74) is 6.64. The Morgan fingerprint density at radius 2 is 2.10 bits per heavy atom. The fraction of sp³-hybridized carbons (Fsp3) is 0.786.